The molecule has 1 aliphatic heterocycles. The normalized spacial score (nSPS) is 21.1. The van der Waals surface area contributed by atoms with Gasteiger partial charge in [-0.25, -0.2) is 0 Å². The van der Waals surface area contributed by atoms with E-state index < -0.39 is 0 Å². The van der Waals surface area contributed by atoms with Gasteiger partial charge in [-0.15, -0.1) is 0 Å². The van der Waals surface area contributed by atoms with Crippen LogP contribution in [0, 0.1) is 11.3 Å². The third kappa shape index (κ3) is 4.06. The first-order valence-corrected chi connectivity index (χ1v) is 12.9. The topological polar surface area (TPSA) is 70.2 Å². The molecule has 2 aromatic heterocycles. The molecule has 2 aromatic carbocycles. The summed E-state index contributed by atoms with van der Waals surface area (Å²) in [6, 6.07) is 13.1. The standard InChI is InChI=1S/C29H32N6O/c1-33-19-25(24-15-20(18-30)3-8-27(24)33)21-4-6-22(7-5-21)34-11-13-35(14-12-34)28-17-23(36-2)16-26-29(28)32-10-9-31-26/h3,8-10,15-17,19,21-22H,4-7,11-14H2,1-2H3. The van der Waals surface area contributed by atoms with Gasteiger partial charge in [0.15, 0.2) is 0 Å². The Bertz CT molecular complexity index is 1440. The molecular formula is C29H32N6O. The average molecular weight is 481 g/mol. The molecule has 0 atom stereocenters. The number of piperazine rings is 1. The average Bonchev–Trinajstić information content (AvgIpc) is 3.28. The highest BCUT2D eigenvalue weighted by atomic mass is 16.5. The Balaban J connectivity index is 1.12. The first kappa shape index (κ1) is 22.8. The summed E-state index contributed by atoms with van der Waals surface area (Å²) in [6.45, 7) is 4.10. The molecule has 0 bridgehead atoms. The maximum atomic E-state index is 9.38. The third-order valence-electron chi connectivity index (χ3n) is 8.22. The minimum Gasteiger partial charge on any atom is -0.497 e. The van der Waals surface area contributed by atoms with Gasteiger partial charge in [-0.1, -0.05) is 0 Å². The van der Waals surface area contributed by atoms with Gasteiger partial charge in [0.25, 0.3) is 0 Å². The molecule has 6 rings (SSSR count). The zero-order chi connectivity index (χ0) is 24.6. The molecule has 184 valence electrons. The van der Waals surface area contributed by atoms with Gasteiger partial charge in [0.2, 0.25) is 0 Å². The number of methoxy groups -OCH3 is 1. The van der Waals surface area contributed by atoms with Gasteiger partial charge in [0, 0.05) is 80.9 Å². The van der Waals surface area contributed by atoms with Gasteiger partial charge in [-0.05, 0) is 55.4 Å². The number of hydrogen-bond acceptors (Lipinski definition) is 6. The number of aromatic nitrogens is 3. The maximum absolute atomic E-state index is 9.38. The smallest absolute Gasteiger partial charge is 0.123 e. The molecular weight excluding hydrogens is 448 g/mol. The first-order chi connectivity index (χ1) is 17.6. The Kier molecular flexibility index (Phi) is 5.98. The van der Waals surface area contributed by atoms with Gasteiger partial charge in [0.1, 0.15) is 11.3 Å². The fourth-order valence-electron chi connectivity index (χ4n) is 6.29. The van der Waals surface area contributed by atoms with E-state index in [1.54, 1.807) is 19.5 Å². The molecule has 1 saturated heterocycles. The van der Waals surface area contributed by atoms with Gasteiger partial charge in [-0.3, -0.25) is 14.9 Å². The van der Waals surface area contributed by atoms with Crippen LogP contribution in [-0.4, -0.2) is 58.8 Å². The van der Waals surface area contributed by atoms with Crippen LogP contribution in [0.1, 0.15) is 42.7 Å². The number of anilines is 1. The summed E-state index contributed by atoms with van der Waals surface area (Å²) in [7, 11) is 3.82. The van der Waals surface area contributed by atoms with E-state index in [1.807, 2.05) is 12.1 Å². The third-order valence-corrected chi connectivity index (χ3v) is 8.22. The molecule has 1 aliphatic carbocycles. The quantitative estimate of drug-likeness (QED) is 0.416. The lowest BCUT2D eigenvalue weighted by Crippen LogP contribution is -2.51. The van der Waals surface area contributed by atoms with Crippen molar-refractivity contribution in [3.05, 3.63) is 60.0 Å². The minimum atomic E-state index is 0.571. The molecule has 0 N–H and O–H groups in total. The van der Waals surface area contributed by atoms with Crippen LogP contribution in [0.3, 0.4) is 0 Å². The van der Waals surface area contributed by atoms with Crippen LogP contribution in [0.15, 0.2) is 48.9 Å². The summed E-state index contributed by atoms with van der Waals surface area (Å²) >= 11 is 0. The van der Waals surface area contributed by atoms with E-state index in [4.69, 9.17) is 4.74 Å². The SMILES string of the molecule is COc1cc(N2CCN(C3CCC(c4cn(C)c5ccc(C#N)cc45)CC3)CC2)c2nccnc2c1. The summed E-state index contributed by atoms with van der Waals surface area (Å²) in [5, 5.41) is 10.6. The molecule has 7 nitrogen and oxygen atoms in total. The molecule has 1 saturated carbocycles. The van der Waals surface area contributed by atoms with Crippen molar-refractivity contribution in [1.82, 2.24) is 19.4 Å². The Morgan fingerprint density at radius 3 is 2.50 bits per heavy atom. The number of rotatable bonds is 4. The van der Waals surface area contributed by atoms with E-state index in [1.165, 1.54) is 42.1 Å². The van der Waals surface area contributed by atoms with Crippen molar-refractivity contribution in [3.8, 4) is 11.8 Å². The van der Waals surface area contributed by atoms with Crippen LogP contribution in [0.2, 0.25) is 0 Å². The highest BCUT2D eigenvalue weighted by molar-refractivity contribution is 5.90. The number of ether oxygens (including phenoxy) is 1. The van der Waals surface area contributed by atoms with Crippen LogP contribution < -0.4 is 9.64 Å². The molecule has 0 radical (unpaired) electrons. The Hall–Kier alpha value is -3.63. The van der Waals surface area contributed by atoms with E-state index in [-0.39, 0.29) is 0 Å². The molecule has 2 fully saturated rings. The van der Waals surface area contributed by atoms with Gasteiger partial charge < -0.3 is 14.2 Å². The zero-order valence-electron chi connectivity index (χ0n) is 21.0. The van der Waals surface area contributed by atoms with Crippen molar-refractivity contribution in [2.24, 2.45) is 7.05 Å². The number of aryl methyl sites for hydroxylation is 1. The maximum Gasteiger partial charge on any atom is 0.123 e. The number of nitriles is 1. The second-order valence-corrected chi connectivity index (χ2v) is 10.1. The van der Waals surface area contributed by atoms with Crippen LogP contribution in [-0.2, 0) is 7.05 Å². The van der Waals surface area contributed by atoms with E-state index in [0.29, 0.717) is 12.0 Å². The first-order valence-electron chi connectivity index (χ1n) is 12.9. The minimum absolute atomic E-state index is 0.571. The van der Waals surface area contributed by atoms with E-state index >= 15 is 0 Å². The Labute approximate surface area is 211 Å². The van der Waals surface area contributed by atoms with Crippen LogP contribution in [0.5, 0.6) is 5.75 Å². The van der Waals surface area contributed by atoms with Crippen LogP contribution in [0.25, 0.3) is 21.9 Å². The van der Waals surface area contributed by atoms with E-state index in [9.17, 15) is 5.26 Å². The lowest BCUT2D eigenvalue weighted by molar-refractivity contribution is 0.141. The highest BCUT2D eigenvalue weighted by Crippen LogP contribution is 2.39. The van der Waals surface area contributed by atoms with Crippen molar-refractivity contribution < 1.29 is 4.74 Å². The molecule has 3 heterocycles. The summed E-state index contributed by atoms with van der Waals surface area (Å²) < 4.78 is 7.75. The molecule has 4 aromatic rings. The van der Waals surface area contributed by atoms with Gasteiger partial charge >= 0.3 is 0 Å². The molecule has 0 spiro atoms. The Morgan fingerprint density at radius 2 is 1.75 bits per heavy atom. The second-order valence-electron chi connectivity index (χ2n) is 10.1. The predicted molar refractivity (Wildman–Crippen MR) is 143 cm³/mol. The lowest BCUT2D eigenvalue weighted by atomic mass is 9.81. The summed E-state index contributed by atoms with van der Waals surface area (Å²) in [5.74, 6) is 1.40. The molecule has 7 heteroatoms. The predicted octanol–water partition coefficient (Wildman–Crippen LogP) is 4.85. The van der Waals surface area contributed by atoms with Crippen molar-refractivity contribution in [2.45, 2.75) is 37.6 Å². The van der Waals surface area contributed by atoms with Crippen molar-refractivity contribution in [2.75, 3.05) is 38.2 Å². The van der Waals surface area contributed by atoms with Crippen molar-refractivity contribution in [1.29, 1.82) is 5.26 Å². The highest BCUT2D eigenvalue weighted by Gasteiger charge is 2.30. The van der Waals surface area contributed by atoms with E-state index in [0.717, 1.165) is 54.2 Å². The van der Waals surface area contributed by atoms with Crippen molar-refractivity contribution in [3.63, 3.8) is 0 Å². The monoisotopic (exact) mass is 480 g/mol. The summed E-state index contributed by atoms with van der Waals surface area (Å²) in [4.78, 5) is 14.2. The number of fused-ring (bicyclic) bond motifs is 2. The zero-order valence-corrected chi connectivity index (χ0v) is 21.0. The molecule has 0 amide bonds. The Morgan fingerprint density at radius 1 is 0.972 bits per heavy atom. The fourth-order valence-corrected chi connectivity index (χ4v) is 6.29. The largest absolute Gasteiger partial charge is 0.497 e. The second kappa shape index (κ2) is 9.44. The molecule has 0 unspecified atom stereocenters. The van der Waals surface area contributed by atoms with E-state index in [2.05, 4.69) is 61.8 Å². The van der Waals surface area contributed by atoms with Gasteiger partial charge in [0.05, 0.1) is 29.9 Å². The summed E-state index contributed by atoms with van der Waals surface area (Å²) in [6.07, 6.45) is 10.7. The number of benzene rings is 2. The molecule has 2 aliphatic rings. The molecule has 36 heavy (non-hydrogen) atoms. The fraction of sp³-hybridized carbons (Fsp3) is 0.414. The summed E-state index contributed by atoms with van der Waals surface area (Å²) in [5.41, 5.74) is 6.32. The lowest BCUT2D eigenvalue weighted by Gasteiger charge is -2.42. The van der Waals surface area contributed by atoms with Gasteiger partial charge in [-0.2, -0.15) is 5.26 Å². The van der Waals surface area contributed by atoms with Crippen LogP contribution >= 0.6 is 0 Å². The van der Waals surface area contributed by atoms with Crippen LogP contribution in [0.4, 0.5) is 5.69 Å². The number of hydrogen-bond donors (Lipinski definition) is 0. The number of nitrogens with zero attached hydrogens (tertiary/aromatic N) is 6. The van der Waals surface area contributed by atoms with Crippen molar-refractivity contribution >= 4 is 27.6 Å².